The first kappa shape index (κ1) is 21.0. The lowest BCUT2D eigenvalue weighted by Gasteiger charge is -2.11. The Morgan fingerprint density at radius 3 is 2.67 bits per heavy atom. The second-order valence-electron chi connectivity index (χ2n) is 6.02. The molecular formula is C21H31N3O3. The molecule has 1 aromatic heterocycles. The lowest BCUT2D eigenvalue weighted by atomic mass is 10.1. The molecule has 0 spiro atoms. The van der Waals surface area contributed by atoms with Crippen molar-refractivity contribution in [3.8, 4) is 0 Å². The Morgan fingerprint density at radius 1 is 1.04 bits per heavy atom. The molecule has 0 unspecified atom stereocenters. The summed E-state index contributed by atoms with van der Waals surface area (Å²) < 4.78 is 16.3. The molecule has 6 nitrogen and oxygen atoms in total. The van der Waals surface area contributed by atoms with E-state index in [9.17, 15) is 0 Å². The number of guanidine groups is 1. The van der Waals surface area contributed by atoms with Gasteiger partial charge in [-0.25, -0.2) is 4.99 Å². The summed E-state index contributed by atoms with van der Waals surface area (Å²) >= 11 is 0. The van der Waals surface area contributed by atoms with Crippen LogP contribution in [0.1, 0.15) is 30.7 Å². The lowest BCUT2D eigenvalue weighted by molar-refractivity contribution is 0.0453. The van der Waals surface area contributed by atoms with E-state index in [0.717, 1.165) is 49.0 Å². The van der Waals surface area contributed by atoms with E-state index < -0.39 is 0 Å². The minimum atomic E-state index is 0.589. The second kappa shape index (κ2) is 12.9. The number of hydrogen-bond donors (Lipinski definition) is 2. The van der Waals surface area contributed by atoms with Crippen LogP contribution in [0.5, 0.6) is 0 Å². The largest absolute Gasteiger partial charge is 0.469 e. The predicted octanol–water partition coefficient (Wildman–Crippen LogP) is 3.13. The maximum atomic E-state index is 5.64. The van der Waals surface area contributed by atoms with Gasteiger partial charge in [-0.1, -0.05) is 24.3 Å². The Labute approximate surface area is 162 Å². The van der Waals surface area contributed by atoms with Gasteiger partial charge in [-0.15, -0.1) is 0 Å². The van der Waals surface area contributed by atoms with Crippen LogP contribution in [0.25, 0.3) is 0 Å². The van der Waals surface area contributed by atoms with Gasteiger partial charge in [0.05, 0.1) is 32.6 Å². The highest BCUT2D eigenvalue weighted by atomic mass is 16.5. The van der Waals surface area contributed by atoms with Gasteiger partial charge in [-0.3, -0.25) is 0 Å². The molecule has 0 saturated carbocycles. The Balaban J connectivity index is 1.80. The molecule has 2 rings (SSSR count). The minimum Gasteiger partial charge on any atom is -0.469 e. The minimum absolute atomic E-state index is 0.589. The zero-order valence-electron chi connectivity index (χ0n) is 16.4. The molecule has 0 saturated heterocycles. The molecular weight excluding hydrogens is 342 g/mol. The van der Waals surface area contributed by atoms with Crippen LogP contribution in [0.4, 0.5) is 0 Å². The molecule has 27 heavy (non-hydrogen) atoms. The van der Waals surface area contributed by atoms with Crippen molar-refractivity contribution < 1.29 is 13.9 Å². The fourth-order valence-electron chi connectivity index (χ4n) is 2.54. The molecule has 1 heterocycles. The van der Waals surface area contributed by atoms with Gasteiger partial charge in [0.15, 0.2) is 5.96 Å². The van der Waals surface area contributed by atoms with E-state index in [2.05, 4.69) is 40.7 Å². The van der Waals surface area contributed by atoms with Crippen molar-refractivity contribution in [1.82, 2.24) is 10.6 Å². The van der Waals surface area contributed by atoms with Crippen LogP contribution >= 0.6 is 0 Å². The third kappa shape index (κ3) is 8.75. The highest BCUT2D eigenvalue weighted by Crippen LogP contribution is 2.08. The number of rotatable bonds is 12. The van der Waals surface area contributed by atoms with Crippen molar-refractivity contribution in [2.45, 2.75) is 33.4 Å². The molecule has 148 valence electrons. The highest BCUT2D eigenvalue weighted by Gasteiger charge is 2.01. The molecule has 0 aliphatic rings. The number of hydrogen-bond acceptors (Lipinski definition) is 4. The maximum absolute atomic E-state index is 5.64. The van der Waals surface area contributed by atoms with Gasteiger partial charge in [-0.2, -0.15) is 0 Å². The maximum Gasteiger partial charge on any atom is 0.191 e. The SMILES string of the molecule is CCNC(=NCc1cccc(COCCOCC)c1)NCCc1ccco1. The number of aliphatic imine (C=N–C) groups is 1. The van der Waals surface area contributed by atoms with Gasteiger partial charge in [0.1, 0.15) is 5.76 Å². The fraction of sp³-hybridized carbons (Fsp3) is 0.476. The Bertz CT molecular complexity index is 656. The Kier molecular flexibility index (Phi) is 10.1. The second-order valence-corrected chi connectivity index (χ2v) is 6.02. The van der Waals surface area contributed by atoms with Gasteiger partial charge in [0.2, 0.25) is 0 Å². The van der Waals surface area contributed by atoms with E-state index in [1.165, 1.54) is 0 Å². The zero-order chi connectivity index (χ0) is 19.2. The first-order valence-corrected chi connectivity index (χ1v) is 9.59. The van der Waals surface area contributed by atoms with Crippen molar-refractivity contribution in [3.63, 3.8) is 0 Å². The number of benzene rings is 1. The molecule has 6 heteroatoms. The third-order valence-corrected chi connectivity index (χ3v) is 3.84. The number of nitrogens with one attached hydrogen (secondary N) is 2. The molecule has 2 N–H and O–H groups in total. The molecule has 2 aromatic rings. The lowest BCUT2D eigenvalue weighted by Crippen LogP contribution is -2.38. The van der Waals surface area contributed by atoms with Gasteiger partial charge < -0.3 is 24.5 Å². The molecule has 0 aliphatic carbocycles. The summed E-state index contributed by atoms with van der Waals surface area (Å²) in [6.45, 7) is 8.81. The average Bonchev–Trinajstić information content (AvgIpc) is 3.20. The van der Waals surface area contributed by atoms with Crippen LogP contribution in [0.3, 0.4) is 0 Å². The topological polar surface area (TPSA) is 68.0 Å². The van der Waals surface area contributed by atoms with Gasteiger partial charge >= 0.3 is 0 Å². The van der Waals surface area contributed by atoms with E-state index >= 15 is 0 Å². The number of nitrogens with zero attached hydrogens (tertiary/aromatic N) is 1. The molecule has 0 atom stereocenters. The summed E-state index contributed by atoms with van der Waals surface area (Å²) in [6, 6.07) is 12.2. The average molecular weight is 373 g/mol. The van der Waals surface area contributed by atoms with Crippen molar-refractivity contribution in [1.29, 1.82) is 0 Å². The van der Waals surface area contributed by atoms with E-state index in [0.29, 0.717) is 26.4 Å². The monoisotopic (exact) mass is 373 g/mol. The third-order valence-electron chi connectivity index (χ3n) is 3.84. The normalized spacial score (nSPS) is 11.6. The summed E-state index contributed by atoms with van der Waals surface area (Å²) in [4.78, 5) is 4.67. The first-order valence-electron chi connectivity index (χ1n) is 9.59. The molecule has 0 fully saturated rings. The van der Waals surface area contributed by atoms with Crippen LogP contribution in [-0.4, -0.2) is 38.9 Å². The zero-order valence-corrected chi connectivity index (χ0v) is 16.4. The van der Waals surface area contributed by atoms with Crippen LogP contribution < -0.4 is 10.6 Å². The summed E-state index contributed by atoms with van der Waals surface area (Å²) in [5, 5.41) is 6.61. The van der Waals surface area contributed by atoms with Crippen LogP contribution in [-0.2, 0) is 29.0 Å². The molecule has 0 bridgehead atoms. The number of ether oxygens (including phenoxy) is 2. The molecule has 0 radical (unpaired) electrons. The van der Waals surface area contributed by atoms with Gasteiger partial charge in [-0.05, 0) is 37.1 Å². The Hall–Kier alpha value is -2.31. The molecule has 0 amide bonds. The van der Waals surface area contributed by atoms with Crippen molar-refractivity contribution >= 4 is 5.96 Å². The van der Waals surface area contributed by atoms with Gasteiger partial charge in [0, 0.05) is 26.1 Å². The van der Waals surface area contributed by atoms with Crippen molar-refractivity contribution in [2.24, 2.45) is 4.99 Å². The predicted molar refractivity (Wildman–Crippen MR) is 108 cm³/mol. The molecule has 1 aromatic carbocycles. The quantitative estimate of drug-likeness (QED) is 0.340. The summed E-state index contributed by atoms with van der Waals surface area (Å²) in [6.07, 6.45) is 2.52. The van der Waals surface area contributed by atoms with E-state index in [4.69, 9.17) is 13.9 Å². The smallest absolute Gasteiger partial charge is 0.191 e. The van der Waals surface area contributed by atoms with Crippen LogP contribution in [0.15, 0.2) is 52.1 Å². The van der Waals surface area contributed by atoms with Crippen LogP contribution in [0, 0.1) is 0 Å². The van der Waals surface area contributed by atoms with E-state index in [1.54, 1.807) is 6.26 Å². The molecule has 0 aliphatic heterocycles. The summed E-state index contributed by atoms with van der Waals surface area (Å²) in [5.74, 6) is 1.78. The highest BCUT2D eigenvalue weighted by molar-refractivity contribution is 5.79. The van der Waals surface area contributed by atoms with Crippen molar-refractivity contribution in [2.75, 3.05) is 32.9 Å². The van der Waals surface area contributed by atoms with Crippen LogP contribution in [0.2, 0.25) is 0 Å². The van der Waals surface area contributed by atoms with Crippen molar-refractivity contribution in [3.05, 3.63) is 59.5 Å². The first-order chi connectivity index (χ1) is 13.3. The fourth-order valence-corrected chi connectivity index (χ4v) is 2.54. The summed E-state index contributed by atoms with van der Waals surface area (Å²) in [7, 11) is 0. The summed E-state index contributed by atoms with van der Waals surface area (Å²) in [5.41, 5.74) is 2.30. The van der Waals surface area contributed by atoms with E-state index in [-0.39, 0.29) is 0 Å². The van der Waals surface area contributed by atoms with E-state index in [1.807, 2.05) is 25.1 Å². The Morgan fingerprint density at radius 2 is 1.89 bits per heavy atom. The number of furan rings is 1. The van der Waals surface area contributed by atoms with Gasteiger partial charge in [0.25, 0.3) is 0 Å². The standard InChI is InChI=1S/C21H31N3O3/c1-3-22-21(23-11-10-20-9-6-12-27-20)24-16-18-7-5-8-19(15-18)17-26-14-13-25-4-2/h5-9,12,15H,3-4,10-11,13-14,16-17H2,1-2H3,(H2,22,23,24).